The molecule has 1 fully saturated rings. The van der Waals surface area contributed by atoms with Gasteiger partial charge >= 0.3 is 0 Å². The number of halogens is 1. The molecule has 0 bridgehead atoms. The zero-order valence-corrected chi connectivity index (χ0v) is 17.7. The van der Waals surface area contributed by atoms with Crippen molar-refractivity contribution in [3.05, 3.63) is 64.2 Å². The van der Waals surface area contributed by atoms with Gasteiger partial charge in [-0.15, -0.1) is 22.7 Å². The van der Waals surface area contributed by atoms with Crippen LogP contribution in [0.2, 0.25) is 0 Å². The summed E-state index contributed by atoms with van der Waals surface area (Å²) in [5, 5.41) is 2.90. The fraction of sp³-hybridized carbons (Fsp3) is 0.333. The Hall–Kier alpha value is -2.13. The molecule has 29 heavy (non-hydrogen) atoms. The lowest BCUT2D eigenvalue weighted by atomic mass is 9.99. The van der Waals surface area contributed by atoms with Gasteiger partial charge in [0, 0.05) is 25.7 Å². The monoisotopic (exact) mass is 430 g/mol. The third-order valence-corrected chi connectivity index (χ3v) is 7.12. The van der Waals surface area contributed by atoms with Crippen LogP contribution in [0.1, 0.15) is 40.5 Å². The second-order valence-corrected chi connectivity index (χ2v) is 9.18. The first kappa shape index (κ1) is 20.2. The van der Waals surface area contributed by atoms with E-state index in [-0.39, 0.29) is 17.8 Å². The number of carbonyl (C=O) groups is 1. The van der Waals surface area contributed by atoms with E-state index in [0.717, 1.165) is 34.7 Å². The van der Waals surface area contributed by atoms with Crippen LogP contribution in [0.3, 0.4) is 0 Å². The fourth-order valence-corrected chi connectivity index (χ4v) is 5.19. The summed E-state index contributed by atoms with van der Waals surface area (Å²) in [5.41, 5.74) is 7.69. The van der Waals surface area contributed by atoms with Gasteiger partial charge in [-0.25, -0.2) is 9.37 Å². The third-order valence-electron chi connectivity index (χ3n) is 5.10. The van der Waals surface area contributed by atoms with Crippen molar-refractivity contribution in [3.8, 4) is 9.88 Å². The Balaban J connectivity index is 1.23. The molecule has 2 N–H and O–H groups in total. The minimum absolute atomic E-state index is 0.0204. The number of benzene rings is 1. The van der Waals surface area contributed by atoms with Gasteiger partial charge in [-0.3, -0.25) is 15.6 Å². The van der Waals surface area contributed by atoms with Gasteiger partial charge < -0.3 is 4.90 Å². The number of aromatic nitrogens is 1. The second kappa shape index (κ2) is 9.13. The van der Waals surface area contributed by atoms with Crippen LogP contribution in [0.5, 0.6) is 0 Å². The molecule has 1 saturated heterocycles. The van der Waals surface area contributed by atoms with Crippen LogP contribution in [0, 0.1) is 5.82 Å². The van der Waals surface area contributed by atoms with Gasteiger partial charge in [-0.2, -0.15) is 0 Å². The van der Waals surface area contributed by atoms with Gasteiger partial charge in [0.15, 0.2) is 0 Å². The average Bonchev–Trinajstić information content (AvgIpc) is 3.48. The highest BCUT2D eigenvalue weighted by atomic mass is 32.1. The molecule has 8 heteroatoms. The van der Waals surface area contributed by atoms with Crippen LogP contribution in [-0.2, 0) is 0 Å². The molecule has 2 aromatic heterocycles. The van der Waals surface area contributed by atoms with Crippen molar-refractivity contribution in [3.63, 3.8) is 0 Å². The van der Waals surface area contributed by atoms with Crippen molar-refractivity contribution in [2.45, 2.75) is 31.3 Å². The van der Waals surface area contributed by atoms with Crippen molar-refractivity contribution < 1.29 is 9.18 Å². The molecule has 4 rings (SSSR count). The van der Waals surface area contributed by atoms with Gasteiger partial charge in [-0.05, 0) is 48.4 Å². The van der Waals surface area contributed by atoms with Crippen LogP contribution in [-0.4, -0.2) is 35.4 Å². The number of carbonyl (C=O) groups excluding carboxylic acids is 1. The lowest BCUT2D eigenvalue weighted by molar-refractivity contribution is 0.0796. The molecule has 0 spiro atoms. The fourth-order valence-electron chi connectivity index (χ4n) is 3.48. The highest BCUT2D eigenvalue weighted by Crippen LogP contribution is 2.29. The van der Waals surface area contributed by atoms with Crippen molar-refractivity contribution in [2.75, 3.05) is 13.6 Å². The molecule has 1 aliphatic rings. The number of thiophene rings is 1. The summed E-state index contributed by atoms with van der Waals surface area (Å²) in [7, 11) is 1.84. The van der Waals surface area contributed by atoms with Gasteiger partial charge in [0.25, 0.3) is 5.91 Å². The van der Waals surface area contributed by atoms with Gasteiger partial charge in [-0.1, -0.05) is 18.2 Å². The SMILES string of the molecule is CN(CCCC1CC(c2ccc(F)cc2)NN1)C(=O)c1cnc(-c2cccs2)s1. The number of thiazole rings is 1. The van der Waals surface area contributed by atoms with E-state index in [1.54, 1.807) is 22.4 Å². The zero-order chi connectivity index (χ0) is 20.2. The summed E-state index contributed by atoms with van der Waals surface area (Å²) in [4.78, 5) is 20.6. The first-order chi connectivity index (χ1) is 14.1. The van der Waals surface area contributed by atoms with Crippen molar-refractivity contribution >= 4 is 28.6 Å². The molecule has 2 unspecified atom stereocenters. The number of rotatable bonds is 7. The minimum atomic E-state index is -0.215. The zero-order valence-electron chi connectivity index (χ0n) is 16.1. The van der Waals surface area contributed by atoms with Crippen molar-refractivity contribution in [1.29, 1.82) is 0 Å². The Bertz CT molecular complexity index is 942. The molecule has 152 valence electrons. The molecule has 2 atom stereocenters. The van der Waals surface area contributed by atoms with Crippen LogP contribution in [0.4, 0.5) is 4.39 Å². The largest absolute Gasteiger partial charge is 0.341 e. The Morgan fingerprint density at radius 3 is 2.86 bits per heavy atom. The molecule has 1 aromatic carbocycles. The highest BCUT2D eigenvalue weighted by Gasteiger charge is 2.25. The third kappa shape index (κ3) is 4.90. The first-order valence-corrected chi connectivity index (χ1v) is 11.3. The highest BCUT2D eigenvalue weighted by molar-refractivity contribution is 7.21. The number of nitrogens with one attached hydrogen (secondary N) is 2. The van der Waals surface area contributed by atoms with Crippen LogP contribution in [0.25, 0.3) is 9.88 Å². The van der Waals surface area contributed by atoms with E-state index >= 15 is 0 Å². The van der Waals surface area contributed by atoms with E-state index < -0.39 is 0 Å². The molecule has 0 aliphatic carbocycles. The van der Waals surface area contributed by atoms with Crippen molar-refractivity contribution in [2.24, 2.45) is 0 Å². The number of nitrogens with zero attached hydrogens (tertiary/aromatic N) is 2. The van der Waals surface area contributed by atoms with E-state index in [2.05, 4.69) is 15.8 Å². The van der Waals surface area contributed by atoms with Gasteiger partial charge in [0.1, 0.15) is 15.7 Å². The minimum Gasteiger partial charge on any atom is -0.341 e. The van der Waals surface area contributed by atoms with Gasteiger partial charge in [0.05, 0.1) is 11.1 Å². The second-order valence-electron chi connectivity index (χ2n) is 7.20. The molecule has 0 radical (unpaired) electrons. The molecule has 3 heterocycles. The maximum atomic E-state index is 13.1. The number of hydrogen-bond donors (Lipinski definition) is 2. The maximum absolute atomic E-state index is 13.1. The van der Waals surface area contributed by atoms with Crippen molar-refractivity contribution in [1.82, 2.24) is 20.7 Å². The molecule has 3 aromatic rings. The lowest BCUT2D eigenvalue weighted by Crippen LogP contribution is -2.32. The van der Waals surface area contributed by atoms with E-state index in [1.165, 1.54) is 23.5 Å². The summed E-state index contributed by atoms with van der Waals surface area (Å²) in [6.07, 6.45) is 4.50. The quantitative estimate of drug-likeness (QED) is 0.581. The molecular formula is C21H23FN4OS2. The van der Waals surface area contributed by atoms with E-state index in [4.69, 9.17) is 0 Å². The summed E-state index contributed by atoms with van der Waals surface area (Å²) in [6, 6.07) is 11.2. The van der Waals surface area contributed by atoms with Crippen LogP contribution in [0.15, 0.2) is 48.0 Å². The maximum Gasteiger partial charge on any atom is 0.265 e. The number of hydrogen-bond acceptors (Lipinski definition) is 6. The van der Waals surface area contributed by atoms with E-state index in [1.807, 2.05) is 36.7 Å². The van der Waals surface area contributed by atoms with Crippen LogP contribution < -0.4 is 10.9 Å². The lowest BCUT2D eigenvalue weighted by Gasteiger charge is -2.17. The smallest absolute Gasteiger partial charge is 0.265 e. The summed E-state index contributed by atoms with van der Waals surface area (Å²) in [6.45, 7) is 0.699. The number of hydrazine groups is 1. The molecule has 0 saturated carbocycles. The van der Waals surface area contributed by atoms with Gasteiger partial charge in [0.2, 0.25) is 0 Å². The topological polar surface area (TPSA) is 57.3 Å². The predicted molar refractivity (Wildman–Crippen MR) is 115 cm³/mol. The molecular weight excluding hydrogens is 407 g/mol. The first-order valence-electron chi connectivity index (χ1n) is 9.62. The summed E-state index contributed by atoms with van der Waals surface area (Å²) < 4.78 is 13.1. The predicted octanol–water partition coefficient (Wildman–Crippen LogP) is 4.47. The Kier molecular flexibility index (Phi) is 6.34. The molecule has 1 amide bonds. The normalized spacial score (nSPS) is 18.8. The van der Waals surface area contributed by atoms with Crippen LogP contribution >= 0.6 is 22.7 Å². The Labute approximate surface area is 177 Å². The standard InChI is InChI=1S/C21H23FN4OS2/c1-26(21(27)19-13-23-20(29-19)18-5-3-11-28-18)10-2-4-16-12-17(25-24-16)14-6-8-15(22)9-7-14/h3,5-9,11,13,16-17,24-25H,2,4,10,12H2,1H3. The Morgan fingerprint density at radius 1 is 1.28 bits per heavy atom. The average molecular weight is 431 g/mol. The number of amides is 1. The van der Waals surface area contributed by atoms with E-state index in [0.29, 0.717) is 17.5 Å². The van der Waals surface area contributed by atoms with E-state index in [9.17, 15) is 9.18 Å². The summed E-state index contributed by atoms with van der Waals surface area (Å²) in [5.74, 6) is -0.195. The molecule has 1 aliphatic heterocycles. The summed E-state index contributed by atoms with van der Waals surface area (Å²) >= 11 is 3.07. The molecule has 5 nitrogen and oxygen atoms in total. The Morgan fingerprint density at radius 2 is 2.10 bits per heavy atom.